The van der Waals surface area contributed by atoms with Crippen molar-refractivity contribution in [3.05, 3.63) is 60.0 Å². The van der Waals surface area contributed by atoms with Crippen LogP contribution >= 0.6 is 24.0 Å². The smallest absolute Gasteiger partial charge is 0.223 e. The maximum absolute atomic E-state index is 4.96. The number of benzene rings is 1. The van der Waals surface area contributed by atoms with Crippen LogP contribution in [0.1, 0.15) is 30.2 Å². The Morgan fingerprint density at radius 1 is 1.35 bits per heavy atom. The van der Waals surface area contributed by atoms with Crippen LogP contribution < -0.4 is 10.6 Å². The largest absolute Gasteiger partial charge is 0.350 e. The van der Waals surface area contributed by atoms with Crippen LogP contribution in [-0.2, 0) is 6.54 Å². The number of aliphatic imine (C=N–C) groups is 1. The van der Waals surface area contributed by atoms with Crippen LogP contribution in [0.2, 0.25) is 0 Å². The molecule has 0 aliphatic heterocycles. The SMILES string of the molecule is CN=C(NCc1noc(C)n1)NC(C)c1cccc(-n2cccn2)c1.I. The molecule has 9 heteroatoms. The number of halogens is 1. The highest BCUT2D eigenvalue weighted by molar-refractivity contribution is 14.0. The molecule has 1 aromatic carbocycles. The lowest BCUT2D eigenvalue weighted by Crippen LogP contribution is -2.38. The molecule has 0 aliphatic rings. The molecule has 0 saturated carbocycles. The Bertz CT molecular complexity index is 844. The number of guanidine groups is 1. The monoisotopic (exact) mass is 467 g/mol. The predicted octanol–water partition coefficient (Wildman–Crippen LogP) is 2.61. The van der Waals surface area contributed by atoms with E-state index in [0.29, 0.717) is 24.2 Å². The van der Waals surface area contributed by atoms with Crippen molar-refractivity contribution >= 4 is 29.9 Å². The maximum atomic E-state index is 4.96. The summed E-state index contributed by atoms with van der Waals surface area (Å²) in [6.07, 6.45) is 3.68. The van der Waals surface area contributed by atoms with Gasteiger partial charge in [0, 0.05) is 26.4 Å². The van der Waals surface area contributed by atoms with E-state index >= 15 is 0 Å². The molecule has 138 valence electrons. The normalized spacial score (nSPS) is 12.3. The van der Waals surface area contributed by atoms with Gasteiger partial charge in [-0.2, -0.15) is 10.1 Å². The molecule has 0 spiro atoms. The summed E-state index contributed by atoms with van der Waals surface area (Å²) >= 11 is 0. The lowest BCUT2D eigenvalue weighted by Gasteiger charge is -2.18. The molecule has 2 heterocycles. The van der Waals surface area contributed by atoms with Gasteiger partial charge in [-0.05, 0) is 30.7 Å². The first kappa shape index (κ1) is 19.9. The van der Waals surface area contributed by atoms with Crippen molar-refractivity contribution in [3.8, 4) is 5.69 Å². The molecular weight excluding hydrogens is 445 g/mol. The summed E-state index contributed by atoms with van der Waals surface area (Å²) in [5.74, 6) is 1.80. The lowest BCUT2D eigenvalue weighted by molar-refractivity contribution is 0.386. The Morgan fingerprint density at radius 3 is 2.85 bits per heavy atom. The Hall–Kier alpha value is -2.43. The van der Waals surface area contributed by atoms with Crippen LogP contribution in [-0.4, -0.2) is 32.9 Å². The Labute approximate surface area is 169 Å². The fourth-order valence-electron chi connectivity index (χ4n) is 2.42. The molecule has 3 aromatic rings. The number of hydrogen-bond donors (Lipinski definition) is 2. The number of rotatable bonds is 5. The van der Waals surface area contributed by atoms with E-state index in [9.17, 15) is 0 Å². The minimum Gasteiger partial charge on any atom is -0.350 e. The van der Waals surface area contributed by atoms with E-state index in [1.807, 2.05) is 29.1 Å². The van der Waals surface area contributed by atoms with Crippen molar-refractivity contribution in [1.82, 2.24) is 30.6 Å². The Balaban J connectivity index is 0.00000243. The van der Waals surface area contributed by atoms with Gasteiger partial charge < -0.3 is 15.2 Å². The molecule has 8 nitrogen and oxygen atoms in total. The van der Waals surface area contributed by atoms with Gasteiger partial charge in [-0.1, -0.05) is 17.3 Å². The molecule has 2 aromatic heterocycles. The molecule has 3 rings (SSSR count). The summed E-state index contributed by atoms with van der Waals surface area (Å²) in [7, 11) is 1.73. The molecular formula is C17H22IN7O. The molecule has 0 radical (unpaired) electrons. The van der Waals surface area contributed by atoms with E-state index in [0.717, 1.165) is 11.3 Å². The van der Waals surface area contributed by atoms with E-state index in [2.05, 4.69) is 49.9 Å². The van der Waals surface area contributed by atoms with Crippen LogP contribution in [0.25, 0.3) is 5.69 Å². The van der Waals surface area contributed by atoms with E-state index in [1.165, 1.54) is 0 Å². The standard InChI is InChI=1S/C17H21N7O.HI/c1-12(14-6-4-7-15(10-14)24-9-5-8-20-24)21-17(18-3)19-11-16-22-13(2)25-23-16;/h4-10,12H,11H2,1-3H3,(H2,18,19,21);1H. The number of aromatic nitrogens is 4. The summed E-state index contributed by atoms with van der Waals surface area (Å²) in [6.45, 7) is 4.28. The predicted molar refractivity (Wildman–Crippen MR) is 110 cm³/mol. The van der Waals surface area contributed by atoms with Crippen LogP contribution in [0.3, 0.4) is 0 Å². The summed E-state index contributed by atoms with van der Waals surface area (Å²) in [4.78, 5) is 8.40. The molecule has 1 atom stereocenters. The first-order valence-electron chi connectivity index (χ1n) is 8.02. The van der Waals surface area contributed by atoms with Crippen molar-refractivity contribution in [3.63, 3.8) is 0 Å². The highest BCUT2D eigenvalue weighted by Gasteiger charge is 2.10. The van der Waals surface area contributed by atoms with Gasteiger partial charge in [-0.15, -0.1) is 24.0 Å². The van der Waals surface area contributed by atoms with E-state index in [-0.39, 0.29) is 30.0 Å². The molecule has 26 heavy (non-hydrogen) atoms. The van der Waals surface area contributed by atoms with E-state index in [1.54, 1.807) is 20.2 Å². The van der Waals surface area contributed by atoms with Crippen molar-refractivity contribution in [2.75, 3.05) is 7.05 Å². The van der Waals surface area contributed by atoms with E-state index in [4.69, 9.17) is 4.52 Å². The molecule has 0 aliphatic carbocycles. The van der Waals surface area contributed by atoms with Gasteiger partial charge in [-0.3, -0.25) is 4.99 Å². The summed E-state index contributed by atoms with van der Waals surface area (Å²) in [5, 5.41) is 14.7. The van der Waals surface area contributed by atoms with Crippen LogP contribution in [0, 0.1) is 6.92 Å². The third-order valence-electron chi connectivity index (χ3n) is 3.70. The Morgan fingerprint density at radius 2 is 2.19 bits per heavy atom. The second kappa shape index (κ2) is 9.32. The number of hydrogen-bond acceptors (Lipinski definition) is 5. The van der Waals surface area contributed by atoms with Crippen molar-refractivity contribution in [2.24, 2.45) is 4.99 Å². The topological polar surface area (TPSA) is 93.2 Å². The van der Waals surface area contributed by atoms with Gasteiger partial charge in [0.1, 0.15) is 0 Å². The number of nitrogens with zero attached hydrogens (tertiary/aromatic N) is 5. The molecule has 1 unspecified atom stereocenters. The molecule has 0 fully saturated rings. The van der Waals surface area contributed by atoms with Gasteiger partial charge in [0.15, 0.2) is 11.8 Å². The second-order valence-electron chi connectivity index (χ2n) is 5.57. The van der Waals surface area contributed by atoms with Crippen LogP contribution in [0.5, 0.6) is 0 Å². The first-order valence-corrected chi connectivity index (χ1v) is 8.02. The van der Waals surface area contributed by atoms with Crippen LogP contribution in [0.4, 0.5) is 0 Å². The van der Waals surface area contributed by atoms with Gasteiger partial charge in [-0.25, -0.2) is 4.68 Å². The average molecular weight is 467 g/mol. The summed E-state index contributed by atoms with van der Waals surface area (Å²) in [5.41, 5.74) is 2.15. The average Bonchev–Trinajstić information content (AvgIpc) is 3.30. The van der Waals surface area contributed by atoms with Crippen LogP contribution in [0.15, 0.2) is 52.2 Å². The minimum atomic E-state index is 0. The zero-order chi connectivity index (χ0) is 17.6. The number of aryl methyl sites for hydroxylation is 1. The molecule has 0 bridgehead atoms. The second-order valence-corrected chi connectivity index (χ2v) is 5.57. The summed E-state index contributed by atoms with van der Waals surface area (Å²) < 4.78 is 6.79. The maximum Gasteiger partial charge on any atom is 0.223 e. The Kier molecular flexibility index (Phi) is 7.13. The third kappa shape index (κ3) is 5.04. The van der Waals surface area contributed by atoms with Gasteiger partial charge >= 0.3 is 0 Å². The fourth-order valence-corrected chi connectivity index (χ4v) is 2.42. The highest BCUT2D eigenvalue weighted by Crippen LogP contribution is 2.16. The van der Waals surface area contributed by atoms with Crippen molar-refractivity contribution in [2.45, 2.75) is 26.4 Å². The quantitative estimate of drug-likeness (QED) is 0.341. The molecule has 2 N–H and O–H groups in total. The lowest BCUT2D eigenvalue weighted by atomic mass is 10.1. The first-order chi connectivity index (χ1) is 12.2. The molecule has 0 amide bonds. The zero-order valence-corrected chi connectivity index (χ0v) is 17.2. The summed E-state index contributed by atoms with van der Waals surface area (Å²) in [6, 6.07) is 10.2. The molecule has 0 saturated heterocycles. The fraction of sp³-hybridized carbons (Fsp3) is 0.294. The van der Waals surface area contributed by atoms with E-state index < -0.39 is 0 Å². The third-order valence-corrected chi connectivity index (χ3v) is 3.70. The van der Waals surface area contributed by atoms with Gasteiger partial charge in [0.2, 0.25) is 5.89 Å². The van der Waals surface area contributed by atoms with Gasteiger partial charge in [0.25, 0.3) is 0 Å². The zero-order valence-electron chi connectivity index (χ0n) is 14.9. The van der Waals surface area contributed by atoms with Crippen molar-refractivity contribution in [1.29, 1.82) is 0 Å². The van der Waals surface area contributed by atoms with Crippen molar-refractivity contribution < 1.29 is 4.52 Å². The van der Waals surface area contributed by atoms with Gasteiger partial charge in [0.05, 0.1) is 18.3 Å². The minimum absolute atomic E-state index is 0. The highest BCUT2D eigenvalue weighted by atomic mass is 127. The number of nitrogens with one attached hydrogen (secondary N) is 2.